The van der Waals surface area contributed by atoms with Crippen molar-refractivity contribution in [2.24, 2.45) is 0 Å². The fourth-order valence-electron chi connectivity index (χ4n) is 1.96. The van der Waals surface area contributed by atoms with Crippen molar-refractivity contribution in [2.45, 2.75) is 20.4 Å². The summed E-state index contributed by atoms with van der Waals surface area (Å²) in [7, 11) is 1.78. The Morgan fingerprint density at radius 2 is 2.21 bits per heavy atom. The summed E-state index contributed by atoms with van der Waals surface area (Å²) in [5, 5.41) is 0. The number of aromatic nitrogens is 1. The molecule has 0 radical (unpaired) electrons. The maximum absolute atomic E-state index is 14.0. The van der Waals surface area contributed by atoms with Crippen molar-refractivity contribution in [1.29, 1.82) is 0 Å². The molecule has 2 aromatic rings. The first-order chi connectivity index (χ1) is 9.00. The van der Waals surface area contributed by atoms with Crippen LogP contribution in [-0.2, 0) is 6.54 Å². The van der Waals surface area contributed by atoms with Crippen molar-refractivity contribution in [3.8, 4) is 0 Å². The van der Waals surface area contributed by atoms with E-state index < -0.39 is 0 Å². The molecule has 0 atom stereocenters. The van der Waals surface area contributed by atoms with E-state index in [1.807, 2.05) is 6.92 Å². The number of nitrogens with zero attached hydrogens (tertiary/aromatic N) is 2. The van der Waals surface area contributed by atoms with Gasteiger partial charge in [0.2, 0.25) is 0 Å². The third-order valence-electron chi connectivity index (χ3n) is 2.97. The number of aryl methyl sites for hydroxylation is 1. The summed E-state index contributed by atoms with van der Waals surface area (Å²) in [5.41, 5.74) is 3.47. The number of carbonyl (C=O) groups is 1. The number of carbonyl (C=O) groups excluding carboxylic acids is 1. The van der Waals surface area contributed by atoms with Gasteiger partial charge in [-0.15, -0.1) is 11.3 Å². The molecule has 0 aliphatic heterocycles. The van der Waals surface area contributed by atoms with Gasteiger partial charge in [0.15, 0.2) is 5.78 Å². The number of benzene rings is 1. The molecular weight excluding hydrogens is 263 g/mol. The van der Waals surface area contributed by atoms with Crippen LogP contribution in [0.3, 0.4) is 0 Å². The van der Waals surface area contributed by atoms with Crippen molar-refractivity contribution in [3.05, 3.63) is 45.7 Å². The number of Topliss-reactive ketones (excluding diaryl/α,β-unsaturated/α-hetero) is 1. The lowest BCUT2D eigenvalue weighted by molar-refractivity contribution is 0.101. The molecule has 5 heteroatoms. The van der Waals surface area contributed by atoms with Crippen LogP contribution in [0.1, 0.15) is 27.9 Å². The summed E-state index contributed by atoms with van der Waals surface area (Å²) in [4.78, 5) is 18.6. The molecule has 0 N–H and O–H groups in total. The Hall–Kier alpha value is -1.75. The van der Waals surface area contributed by atoms with Crippen molar-refractivity contribution in [2.75, 3.05) is 11.9 Å². The molecular formula is C14H15FN2OS. The monoisotopic (exact) mass is 278 g/mol. The summed E-state index contributed by atoms with van der Waals surface area (Å²) >= 11 is 1.53. The minimum atomic E-state index is -0.377. The molecule has 3 nitrogen and oxygen atoms in total. The molecule has 1 aromatic heterocycles. The summed E-state index contributed by atoms with van der Waals surface area (Å²) in [5.74, 6) is -0.514. The Morgan fingerprint density at radius 1 is 1.47 bits per heavy atom. The Kier molecular flexibility index (Phi) is 3.95. The minimum absolute atomic E-state index is 0.137. The second kappa shape index (κ2) is 5.48. The van der Waals surface area contributed by atoms with Crippen LogP contribution in [0.2, 0.25) is 0 Å². The Labute approximate surface area is 115 Å². The molecule has 0 unspecified atom stereocenters. The molecule has 0 fully saturated rings. The summed E-state index contributed by atoms with van der Waals surface area (Å²) in [6.07, 6.45) is 0. The molecule has 0 bridgehead atoms. The topological polar surface area (TPSA) is 33.2 Å². The van der Waals surface area contributed by atoms with E-state index in [2.05, 4.69) is 4.98 Å². The van der Waals surface area contributed by atoms with Crippen LogP contribution in [-0.4, -0.2) is 17.8 Å². The average Bonchev–Trinajstić information content (AvgIpc) is 2.74. The molecule has 2 rings (SSSR count). The van der Waals surface area contributed by atoms with Crippen LogP contribution in [0.4, 0.5) is 10.1 Å². The first kappa shape index (κ1) is 13.7. The smallest absolute Gasteiger partial charge is 0.161 e. The van der Waals surface area contributed by atoms with Crippen LogP contribution in [0.25, 0.3) is 0 Å². The average molecular weight is 278 g/mol. The fraction of sp³-hybridized carbons (Fsp3) is 0.286. The molecule has 1 heterocycles. The van der Waals surface area contributed by atoms with E-state index in [1.165, 1.54) is 24.3 Å². The van der Waals surface area contributed by atoms with Crippen LogP contribution < -0.4 is 4.90 Å². The SMILES string of the molecule is CC(=O)c1cccc(F)c1N(C)Cc1scnc1C. The summed E-state index contributed by atoms with van der Waals surface area (Å²) < 4.78 is 14.0. The number of halogens is 1. The number of thiazole rings is 1. The Bertz CT molecular complexity index is 609. The maximum Gasteiger partial charge on any atom is 0.161 e. The molecule has 0 aliphatic rings. The van der Waals surface area contributed by atoms with E-state index in [9.17, 15) is 9.18 Å². The van der Waals surface area contributed by atoms with Gasteiger partial charge in [-0.25, -0.2) is 9.37 Å². The number of hydrogen-bond donors (Lipinski definition) is 0. The Morgan fingerprint density at radius 3 is 2.79 bits per heavy atom. The zero-order valence-electron chi connectivity index (χ0n) is 11.1. The predicted molar refractivity (Wildman–Crippen MR) is 75.4 cm³/mol. The van der Waals surface area contributed by atoms with E-state index in [0.717, 1.165) is 10.6 Å². The van der Waals surface area contributed by atoms with Gasteiger partial charge in [-0.1, -0.05) is 6.07 Å². The first-order valence-corrected chi connectivity index (χ1v) is 6.78. The van der Waals surface area contributed by atoms with Gasteiger partial charge >= 0.3 is 0 Å². The van der Waals surface area contributed by atoms with Gasteiger partial charge in [-0.3, -0.25) is 4.79 Å². The van der Waals surface area contributed by atoms with E-state index in [1.54, 1.807) is 29.6 Å². The molecule has 0 spiro atoms. The highest BCUT2D eigenvalue weighted by Gasteiger charge is 2.17. The van der Waals surface area contributed by atoms with Crippen LogP contribution in [0.15, 0.2) is 23.7 Å². The maximum atomic E-state index is 14.0. The number of ketones is 1. The molecule has 0 saturated heterocycles. The number of hydrogen-bond acceptors (Lipinski definition) is 4. The lowest BCUT2D eigenvalue weighted by Crippen LogP contribution is -2.20. The lowest BCUT2D eigenvalue weighted by atomic mass is 10.1. The first-order valence-electron chi connectivity index (χ1n) is 5.90. The second-order valence-electron chi connectivity index (χ2n) is 4.41. The highest BCUT2D eigenvalue weighted by molar-refractivity contribution is 7.09. The quantitative estimate of drug-likeness (QED) is 0.803. The van der Waals surface area contributed by atoms with E-state index in [-0.39, 0.29) is 11.6 Å². The van der Waals surface area contributed by atoms with E-state index >= 15 is 0 Å². The summed E-state index contributed by atoms with van der Waals surface area (Å²) in [6, 6.07) is 4.58. The largest absolute Gasteiger partial charge is 0.366 e. The molecule has 100 valence electrons. The van der Waals surface area contributed by atoms with Crippen molar-refractivity contribution >= 4 is 22.8 Å². The van der Waals surface area contributed by atoms with Crippen LogP contribution >= 0.6 is 11.3 Å². The number of para-hydroxylation sites is 1. The van der Waals surface area contributed by atoms with E-state index in [0.29, 0.717) is 17.8 Å². The van der Waals surface area contributed by atoms with Gasteiger partial charge in [0.1, 0.15) is 5.82 Å². The second-order valence-corrected chi connectivity index (χ2v) is 5.35. The van der Waals surface area contributed by atoms with Crippen molar-refractivity contribution < 1.29 is 9.18 Å². The van der Waals surface area contributed by atoms with Gasteiger partial charge in [-0.05, 0) is 26.0 Å². The predicted octanol–water partition coefficient (Wildman–Crippen LogP) is 3.43. The highest BCUT2D eigenvalue weighted by Crippen LogP contribution is 2.26. The van der Waals surface area contributed by atoms with Crippen LogP contribution in [0.5, 0.6) is 0 Å². The molecule has 19 heavy (non-hydrogen) atoms. The number of anilines is 1. The van der Waals surface area contributed by atoms with Crippen LogP contribution in [0, 0.1) is 12.7 Å². The normalized spacial score (nSPS) is 10.5. The Balaban J connectivity index is 2.36. The van der Waals surface area contributed by atoms with E-state index in [4.69, 9.17) is 0 Å². The van der Waals surface area contributed by atoms with Gasteiger partial charge in [0, 0.05) is 17.5 Å². The highest BCUT2D eigenvalue weighted by atomic mass is 32.1. The molecule has 1 aromatic carbocycles. The zero-order chi connectivity index (χ0) is 14.0. The van der Waals surface area contributed by atoms with Crippen molar-refractivity contribution in [3.63, 3.8) is 0 Å². The van der Waals surface area contributed by atoms with Gasteiger partial charge < -0.3 is 4.90 Å². The van der Waals surface area contributed by atoms with Gasteiger partial charge in [0.25, 0.3) is 0 Å². The molecule has 0 amide bonds. The third kappa shape index (κ3) is 2.81. The van der Waals surface area contributed by atoms with Gasteiger partial charge in [-0.2, -0.15) is 0 Å². The third-order valence-corrected chi connectivity index (χ3v) is 3.89. The molecule has 0 saturated carbocycles. The number of rotatable bonds is 4. The lowest BCUT2D eigenvalue weighted by Gasteiger charge is -2.21. The van der Waals surface area contributed by atoms with Gasteiger partial charge in [0.05, 0.1) is 23.4 Å². The van der Waals surface area contributed by atoms with Crippen molar-refractivity contribution in [1.82, 2.24) is 4.98 Å². The minimum Gasteiger partial charge on any atom is -0.366 e. The molecule has 0 aliphatic carbocycles. The standard InChI is InChI=1S/C14H15FN2OS/c1-9-13(19-8-16-9)7-17(3)14-11(10(2)18)5-4-6-12(14)15/h4-6,8H,7H2,1-3H3. The zero-order valence-corrected chi connectivity index (χ0v) is 11.9. The fourth-order valence-corrected chi connectivity index (χ4v) is 2.79. The summed E-state index contributed by atoms with van der Waals surface area (Å²) in [6.45, 7) is 3.91.